The van der Waals surface area contributed by atoms with Crippen molar-refractivity contribution in [2.24, 2.45) is 0 Å². The zero-order valence-corrected chi connectivity index (χ0v) is 23.9. The molecular formula is C40H32N2. The van der Waals surface area contributed by atoms with Crippen molar-refractivity contribution in [3.05, 3.63) is 169 Å². The first kappa shape index (κ1) is 25.6. The lowest BCUT2D eigenvalue weighted by Crippen LogP contribution is -2.12. The van der Waals surface area contributed by atoms with Gasteiger partial charge in [0.25, 0.3) is 0 Å². The number of nitrogens with zero attached hydrogens (tertiary/aromatic N) is 2. The molecule has 0 heterocycles. The fourth-order valence-electron chi connectivity index (χ4n) is 5.80. The zero-order valence-electron chi connectivity index (χ0n) is 23.9. The van der Waals surface area contributed by atoms with Gasteiger partial charge in [-0.1, -0.05) is 108 Å². The zero-order chi connectivity index (χ0) is 28.5. The van der Waals surface area contributed by atoms with E-state index >= 15 is 0 Å². The minimum absolute atomic E-state index is 1.11. The molecule has 0 spiro atoms. The van der Waals surface area contributed by atoms with Gasteiger partial charge >= 0.3 is 0 Å². The number of hydrogen-bond acceptors (Lipinski definition) is 2. The number of hydrogen-bond donors (Lipinski definition) is 0. The Hall–Kier alpha value is -5.34. The van der Waals surface area contributed by atoms with Crippen LogP contribution in [0.25, 0.3) is 21.5 Å². The van der Waals surface area contributed by atoms with Gasteiger partial charge in [0.15, 0.2) is 0 Å². The van der Waals surface area contributed by atoms with E-state index in [0.717, 1.165) is 34.1 Å². The summed E-state index contributed by atoms with van der Waals surface area (Å²) < 4.78 is 0. The molecule has 2 heteroatoms. The average molecular weight is 541 g/mol. The lowest BCUT2D eigenvalue weighted by molar-refractivity contribution is 1.26. The van der Waals surface area contributed by atoms with E-state index in [-0.39, 0.29) is 0 Å². The Bertz CT molecular complexity index is 1830. The van der Waals surface area contributed by atoms with Gasteiger partial charge in [0.2, 0.25) is 0 Å². The van der Waals surface area contributed by atoms with Crippen molar-refractivity contribution in [3.63, 3.8) is 0 Å². The van der Waals surface area contributed by atoms with Crippen molar-refractivity contribution in [3.8, 4) is 0 Å². The van der Waals surface area contributed by atoms with Crippen LogP contribution in [-0.4, -0.2) is 0 Å². The van der Waals surface area contributed by atoms with Gasteiger partial charge in [-0.05, 0) is 85.3 Å². The van der Waals surface area contributed by atoms with Gasteiger partial charge in [0, 0.05) is 33.5 Å². The van der Waals surface area contributed by atoms with E-state index in [2.05, 4.69) is 181 Å². The lowest BCUT2D eigenvalue weighted by Gasteiger charge is -2.29. The molecule has 0 unspecified atom stereocenters. The van der Waals surface area contributed by atoms with Gasteiger partial charge in [-0.3, -0.25) is 0 Å². The van der Waals surface area contributed by atoms with E-state index in [1.165, 1.54) is 32.7 Å². The quantitative estimate of drug-likeness (QED) is 0.207. The predicted molar refractivity (Wildman–Crippen MR) is 180 cm³/mol. The van der Waals surface area contributed by atoms with Gasteiger partial charge in [-0.2, -0.15) is 0 Å². The summed E-state index contributed by atoms with van der Waals surface area (Å²) in [6.45, 7) is 4.27. The van der Waals surface area contributed by atoms with Crippen molar-refractivity contribution < 1.29 is 0 Å². The molecule has 0 saturated heterocycles. The molecule has 0 aliphatic rings. The van der Waals surface area contributed by atoms with Crippen molar-refractivity contribution in [2.75, 3.05) is 9.80 Å². The maximum Gasteiger partial charge on any atom is 0.0540 e. The standard InChI is InChI=1S/C40H32N2/c1-29-17-21-33(22-18-29)41(39-15-7-11-31-9-3-5-13-37(31)39)35-25-27-36(28-26-35)42(34-23-19-30(2)20-24-34)40-16-8-12-32-10-4-6-14-38(32)40/h3-28H,1-2H3. The molecule has 0 radical (unpaired) electrons. The van der Waals surface area contributed by atoms with Crippen LogP contribution in [0.1, 0.15) is 11.1 Å². The number of anilines is 6. The third-order valence-electron chi connectivity index (χ3n) is 7.97. The van der Waals surface area contributed by atoms with E-state index in [0.29, 0.717) is 0 Å². The first-order valence-corrected chi connectivity index (χ1v) is 14.4. The van der Waals surface area contributed by atoms with Gasteiger partial charge in [0.05, 0.1) is 11.4 Å². The van der Waals surface area contributed by atoms with Crippen LogP contribution in [0.2, 0.25) is 0 Å². The second kappa shape index (κ2) is 10.9. The summed E-state index contributed by atoms with van der Waals surface area (Å²) in [6.07, 6.45) is 0. The molecule has 0 N–H and O–H groups in total. The maximum absolute atomic E-state index is 2.36. The monoisotopic (exact) mass is 540 g/mol. The van der Waals surface area contributed by atoms with Gasteiger partial charge in [0.1, 0.15) is 0 Å². The Morgan fingerprint density at radius 1 is 0.310 bits per heavy atom. The molecule has 7 aromatic rings. The smallest absolute Gasteiger partial charge is 0.0540 e. The first-order valence-electron chi connectivity index (χ1n) is 14.4. The maximum atomic E-state index is 2.36. The first-order chi connectivity index (χ1) is 20.7. The fourth-order valence-corrected chi connectivity index (χ4v) is 5.80. The van der Waals surface area contributed by atoms with Crippen LogP contribution >= 0.6 is 0 Å². The molecule has 42 heavy (non-hydrogen) atoms. The molecule has 0 saturated carbocycles. The number of benzene rings is 7. The van der Waals surface area contributed by atoms with Crippen molar-refractivity contribution in [2.45, 2.75) is 13.8 Å². The minimum Gasteiger partial charge on any atom is -0.310 e. The SMILES string of the molecule is Cc1ccc(N(c2ccc(N(c3ccc(C)cc3)c3cccc4ccccc34)cc2)c2cccc3ccccc23)cc1. The Balaban J connectivity index is 1.38. The van der Waals surface area contributed by atoms with Gasteiger partial charge in [-0.25, -0.2) is 0 Å². The van der Waals surface area contributed by atoms with Crippen LogP contribution in [-0.2, 0) is 0 Å². The molecule has 202 valence electrons. The summed E-state index contributed by atoms with van der Waals surface area (Å²) >= 11 is 0. The molecule has 0 aliphatic carbocycles. The summed E-state index contributed by atoms with van der Waals surface area (Å²) in [5.74, 6) is 0. The summed E-state index contributed by atoms with van der Waals surface area (Å²) in [7, 11) is 0. The fraction of sp³-hybridized carbons (Fsp3) is 0.0500. The van der Waals surface area contributed by atoms with Crippen LogP contribution in [0.5, 0.6) is 0 Å². The third kappa shape index (κ3) is 4.78. The second-order valence-electron chi connectivity index (χ2n) is 10.9. The summed E-state index contributed by atoms with van der Waals surface area (Å²) in [6, 6.07) is 56.8. The summed E-state index contributed by atoms with van der Waals surface area (Å²) in [5.41, 5.74) is 9.31. The van der Waals surface area contributed by atoms with Gasteiger partial charge < -0.3 is 9.80 Å². The highest BCUT2D eigenvalue weighted by Gasteiger charge is 2.18. The van der Waals surface area contributed by atoms with Crippen molar-refractivity contribution in [1.82, 2.24) is 0 Å². The Labute approximate surface area is 247 Å². The lowest BCUT2D eigenvalue weighted by atomic mass is 10.0. The number of rotatable bonds is 6. The van der Waals surface area contributed by atoms with Crippen LogP contribution in [0.3, 0.4) is 0 Å². The van der Waals surface area contributed by atoms with E-state index in [4.69, 9.17) is 0 Å². The average Bonchev–Trinajstić information content (AvgIpc) is 3.04. The predicted octanol–water partition coefficient (Wildman–Crippen LogP) is 11.5. The minimum atomic E-state index is 1.11. The van der Waals surface area contributed by atoms with Crippen LogP contribution in [0.15, 0.2) is 158 Å². The molecule has 0 atom stereocenters. The molecule has 0 amide bonds. The third-order valence-corrected chi connectivity index (χ3v) is 7.97. The van der Waals surface area contributed by atoms with E-state index < -0.39 is 0 Å². The normalized spacial score (nSPS) is 11.1. The highest BCUT2D eigenvalue weighted by molar-refractivity contribution is 6.00. The molecule has 0 fully saturated rings. The summed E-state index contributed by atoms with van der Waals surface area (Å²) in [5, 5.41) is 4.90. The van der Waals surface area contributed by atoms with E-state index in [9.17, 15) is 0 Å². The van der Waals surface area contributed by atoms with Crippen LogP contribution in [0, 0.1) is 13.8 Å². The molecule has 7 aromatic carbocycles. The molecule has 7 rings (SSSR count). The Morgan fingerprint density at radius 3 is 1.00 bits per heavy atom. The van der Waals surface area contributed by atoms with Gasteiger partial charge in [-0.15, -0.1) is 0 Å². The molecule has 2 nitrogen and oxygen atoms in total. The number of fused-ring (bicyclic) bond motifs is 2. The summed E-state index contributed by atoms with van der Waals surface area (Å²) in [4.78, 5) is 4.72. The van der Waals surface area contributed by atoms with E-state index in [1.807, 2.05) is 0 Å². The van der Waals surface area contributed by atoms with Crippen molar-refractivity contribution >= 4 is 55.7 Å². The molecule has 0 aliphatic heterocycles. The highest BCUT2D eigenvalue weighted by Crippen LogP contribution is 2.42. The Morgan fingerprint density at radius 2 is 0.619 bits per heavy atom. The van der Waals surface area contributed by atoms with Crippen LogP contribution in [0.4, 0.5) is 34.1 Å². The highest BCUT2D eigenvalue weighted by atomic mass is 15.2. The van der Waals surface area contributed by atoms with Crippen LogP contribution < -0.4 is 9.80 Å². The second-order valence-corrected chi connectivity index (χ2v) is 10.9. The number of aryl methyl sites for hydroxylation is 2. The Kier molecular flexibility index (Phi) is 6.65. The van der Waals surface area contributed by atoms with Crippen molar-refractivity contribution in [1.29, 1.82) is 0 Å². The molecular weight excluding hydrogens is 508 g/mol. The molecule has 0 bridgehead atoms. The molecule has 0 aromatic heterocycles. The van der Waals surface area contributed by atoms with E-state index in [1.54, 1.807) is 0 Å². The topological polar surface area (TPSA) is 6.48 Å². The largest absolute Gasteiger partial charge is 0.310 e.